The second kappa shape index (κ2) is 5.10. The standard InChI is InChI=1S/C14H19N5O.ClH/c1-19-11(9-4-5-9)8-10(17-19)12-16-13(18-20-12)14(15)6-2-3-7-14;/h8-9H,2-7,15H2,1H3;1H. The molecule has 0 saturated heterocycles. The summed E-state index contributed by atoms with van der Waals surface area (Å²) in [7, 11) is 1.97. The Labute approximate surface area is 129 Å². The molecule has 2 aromatic rings. The summed E-state index contributed by atoms with van der Waals surface area (Å²) >= 11 is 0. The zero-order valence-corrected chi connectivity index (χ0v) is 12.9. The minimum atomic E-state index is -0.407. The predicted octanol–water partition coefficient (Wildman–Crippen LogP) is 2.50. The van der Waals surface area contributed by atoms with Crippen LogP contribution in [0.2, 0.25) is 0 Å². The summed E-state index contributed by atoms with van der Waals surface area (Å²) in [5.74, 6) is 1.77. The fraction of sp³-hybridized carbons (Fsp3) is 0.643. The number of hydrogen-bond acceptors (Lipinski definition) is 5. The first-order valence-electron chi connectivity index (χ1n) is 7.33. The lowest BCUT2D eigenvalue weighted by atomic mass is 9.99. The van der Waals surface area contributed by atoms with Crippen molar-refractivity contribution in [2.75, 3.05) is 0 Å². The molecule has 2 aromatic heterocycles. The highest BCUT2D eigenvalue weighted by atomic mass is 35.5. The van der Waals surface area contributed by atoms with Gasteiger partial charge in [-0.15, -0.1) is 12.4 Å². The van der Waals surface area contributed by atoms with Gasteiger partial charge in [-0.3, -0.25) is 4.68 Å². The maximum atomic E-state index is 6.35. The molecule has 2 N–H and O–H groups in total. The molecule has 114 valence electrons. The smallest absolute Gasteiger partial charge is 0.278 e. The van der Waals surface area contributed by atoms with Crippen molar-refractivity contribution in [3.8, 4) is 11.6 Å². The average Bonchev–Trinajstić information content (AvgIpc) is 2.86. The SMILES string of the molecule is Cl.Cn1nc(-c2nc(C3(N)CCCC3)no2)cc1C1CC1. The van der Waals surface area contributed by atoms with Gasteiger partial charge in [-0.2, -0.15) is 10.1 Å². The van der Waals surface area contributed by atoms with E-state index in [1.165, 1.54) is 18.5 Å². The molecule has 6 nitrogen and oxygen atoms in total. The molecular formula is C14H20ClN5O. The van der Waals surface area contributed by atoms with Gasteiger partial charge in [0.2, 0.25) is 0 Å². The number of nitrogens with two attached hydrogens (primary N) is 1. The Balaban J connectivity index is 0.00000132. The molecule has 0 atom stereocenters. The third-order valence-corrected chi connectivity index (χ3v) is 4.50. The van der Waals surface area contributed by atoms with E-state index in [1.807, 2.05) is 11.7 Å². The van der Waals surface area contributed by atoms with Crippen molar-refractivity contribution in [1.82, 2.24) is 19.9 Å². The molecular weight excluding hydrogens is 290 g/mol. The lowest BCUT2D eigenvalue weighted by Gasteiger charge is -2.17. The van der Waals surface area contributed by atoms with Gasteiger partial charge in [0.25, 0.3) is 5.89 Å². The highest BCUT2D eigenvalue weighted by Gasteiger charge is 2.36. The third kappa shape index (κ3) is 2.46. The fourth-order valence-corrected chi connectivity index (χ4v) is 3.11. The van der Waals surface area contributed by atoms with Crippen LogP contribution in [0, 0.1) is 0 Å². The van der Waals surface area contributed by atoms with E-state index in [0.717, 1.165) is 31.4 Å². The van der Waals surface area contributed by atoms with Crippen molar-refractivity contribution < 1.29 is 4.52 Å². The van der Waals surface area contributed by atoms with Crippen molar-refractivity contribution in [3.05, 3.63) is 17.6 Å². The van der Waals surface area contributed by atoms with Crippen LogP contribution < -0.4 is 5.73 Å². The van der Waals surface area contributed by atoms with E-state index in [4.69, 9.17) is 10.3 Å². The largest absolute Gasteiger partial charge is 0.332 e. The molecule has 2 heterocycles. The quantitative estimate of drug-likeness (QED) is 0.942. The molecule has 0 unspecified atom stereocenters. The molecule has 0 radical (unpaired) electrons. The Kier molecular flexibility index (Phi) is 3.53. The minimum Gasteiger partial charge on any atom is -0.332 e. The summed E-state index contributed by atoms with van der Waals surface area (Å²) in [5.41, 5.74) is 7.96. The van der Waals surface area contributed by atoms with Crippen LogP contribution in [-0.4, -0.2) is 19.9 Å². The summed E-state index contributed by atoms with van der Waals surface area (Å²) in [6, 6.07) is 2.06. The molecule has 4 rings (SSSR count). The molecule has 0 aromatic carbocycles. The van der Waals surface area contributed by atoms with E-state index in [1.54, 1.807) is 0 Å². The zero-order valence-electron chi connectivity index (χ0n) is 12.1. The molecule has 2 saturated carbocycles. The average molecular weight is 310 g/mol. The van der Waals surface area contributed by atoms with E-state index >= 15 is 0 Å². The molecule has 21 heavy (non-hydrogen) atoms. The van der Waals surface area contributed by atoms with Gasteiger partial charge in [-0.25, -0.2) is 0 Å². The number of hydrogen-bond donors (Lipinski definition) is 1. The third-order valence-electron chi connectivity index (χ3n) is 4.50. The molecule has 2 aliphatic carbocycles. The van der Waals surface area contributed by atoms with Crippen LogP contribution in [0.25, 0.3) is 11.6 Å². The predicted molar refractivity (Wildman–Crippen MR) is 80.1 cm³/mol. The first-order valence-corrected chi connectivity index (χ1v) is 7.33. The number of aromatic nitrogens is 4. The Morgan fingerprint density at radius 3 is 2.71 bits per heavy atom. The highest BCUT2D eigenvalue weighted by Crippen LogP contribution is 2.41. The molecule has 0 amide bonds. The number of nitrogens with zero attached hydrogens (tertiary/aromatic N) is 4. The lowest BCUT2D eigenvalue weighted by Crippen LogP contribution is -2.34. The van der Waals surface area contributed by atoms with Crippen LogP contribution in [0.4, 0.5) is 0 Å². The molecule has 0 bridgehead atoms. The Morgan fingerprint density at radius 2 is 2.05 bits per heavy atom. The van der Waals surface area contributed by atoms with Crippen LogP contribution >= 0.6 is 12.4 Å². The fourth-order valence-electron chi connectivity index (χ4n) is 3.11. The van der Waals surface area contributed by atoms with E-state index < -0.39 is 5.54 Å². The first kappa shape index (κ1) is 14.5. The Morgan fingerprint density at radius 1 is 1.33 bits per heavy atom. The van der Waals surface area contributed by atoms with E-state index in [9.17, 15) is 0 Å². The maximum absolute atomic E-state index is 6.35. The van der Waals surface area contributed by atoms with Gasteiger partial charge in [-0.1, -0.05) is 18.0 Å². The summed E-state index contributed by atoms with van der Waals surface area (Å²) in [5, 5.41) is 8.57. The van der Waals surface area contributed by atoms with Crippen molar-refractivity contribution in [2.45, 2.75) is 50.0 Å². The van der Waals surface area contributed by atoms with Crippen molar-refractivity contribution in [3.63, 3.8) is 0 Å². The number of rotatable bonds is 3. The van der Waals surface area contributed by atoms with E-state index in [0.29, 0.717) is 17.6 Å². The topological polar surface area (TPSA) is 82.8 Å². The first-order chi connectivity index (χ1) is 9.66. The van der Waals surface area contributed by atoms with Crippen LogP contribution in [0.3, 0.4) is 0 Å². The summed E-state index contributed by atoms with van der Waals surface area (Å²) in [6.07, 6.45) is 6.63. The van der Waals surface area contributed by atoms with Crippen LogP contribution in [-0.2, 0) is 12.6 Å². The van der Waals surface area contributed by atoms with Gasteiger partial charge in [-0.05, 0) is 31.7 Å². The van der Waals surface area contributed by atoms with Crippen LogP contribution in [0.15, 0.2) is 10.6 Å². The Hall–Kier alpha value is -1.40. The van der Waals surface area contributed by atoms with E-state index in [2.05, 4.69) is 21.3 Å². The maximum Gasteiger partial charge on any atom is 0.278 e. The van der Waals surface area contributed by atoms with Crippen molar-refractivity contribution >= 4 is 12.4 Å². The number of halogens is 1. The normalized spacial score (nSPS) is 20.5. The van der Waals surface area contributed by atoms with Crippen LogP contribution in [0.5, 0.6) is 0 Å². The highest BCUT2D eigenvalue weighted by molar-refractivity contribution is 5.85. The van der Waals surface area contributed by atoms with Gasteiger partial charge in [0, 0.05) is 18.7 Å². The molecule has 0 aliphatic heterocycles. The molecule has 2 aliphatic rings. The second-order valence-electron chi connectivity index (χ2n) is 6.14. The van der Waals surface area contributed by atoms with Gasteiger partial charge in [0.05, 0.1) is 5.54 Å². The molecule has 7 heteroatoms. The van der Waals surface area contributed by atoms with Gasteiger partial charge in [0.1, 0.15) is 0 Å². The summed E-state index contributed by atoms with van der Waals surface area (Å²) < 4.78 is 7.30. The monoisotopic (exact) mass is 309 g/mol. The summed E-state index contributed by atoms with van der Waals surface area (Å²) in [4.78, 5) is 4.49. The van der Waals surface area contributed by atoms with Gasteiger partial charge >= 0.3 is 0 Å². The number of aryl methyl sites for hydroxylation is 1. The molecule has 2 fully saturated rings. The van der Waals surface area contributed by atoms with E-state index in [-0.39, 0.29) is 12.4 Å². The van der Waals surface area contributed by atoms with Gasteiger partial charge < -0.3 is 10.3 Å². The van der Waals surface area contributed by atoms with Gasteiger partial charge in [0.15, 0.2) is 11.5 Å². The Bertz CT molecular complexity index is 640. The second-order valence-corrected chi connectivity index (χ2v) is 6.14. The zero-order chi connectivity index (χ0) is 13.7. The summed E-state index contributed by atoms with van der Waals surface area (Å²) in [6.45, 7) is 0. The van der Waals surface area contributed by atoms with Crippen molar-refractivity contribution in [2.24, 2.45) is 12.8 Å². The van der Waals surface area contributed by atoms with Crippen LogP contribution in [0.1, 0.15) is 56.0 Å². The lowest BCUT2D eigenvalue weighted by molar-refractivity contribution is 0.372. The van der Waals surface area contributed by atoms with Crippen molar-refractivity contribution in [1.29, 1.82) is 0 Å². The molecule has 0 spiro atoms. The minimum absolute atomic E-state index is 0.